The number of ketones is 1. The first-order chi connectivity index (χ1) is 9.41. The number of rotatable bonds is 4. The van der Waals surface area contributed by atoms with Gasteiger partial charge < -0.3 is 4.90 Å². The number of nitro groups is 1. The Balaban J connectivity index is 2.54. The van der Waals surface area contributed by atoms with Crippen molar-refractivity contribution in [2.24, 2.45) is 0 Å². The van der Waals surface area contributed by atoms with E-state index >= 15 is 0 Å². The average molecular weight is 290 g/mol. The zero-order valence-electron chi connectivity index (χ0n) is 11.4. The van der Waals surface area contributed by atoms with E-state index in [1.54, 1.807) is 11.9 Å². The average Bonchev–Trinajstić information content (AvgIpc) is 2.84. The van der Waals surface area contributed by atoms with Gasteiger partial charge in [-0.15, -0.1) is 11.3 Å². The SMILES string of the molecule is CC(=O)c1cc([N+](=O)[O-])c(N(C)c2ccccc2C)s1. The quantitative estimate of drug-likeness (QED) is 0.486. The van der Waals surface area contributed by atoms with Crippen molar-refractivity contribution in [3.63, 3.8) is 0 Å². The summed E-state index contributed by atoms with van der Waals surface area (Å²) in [5.74, 6) is -0.164. The fourth-order valence-corrected chi connectivity index (χ4v) is 2.96. The van der Waals surface area contributed by atoms with Crippen LogP contribution in [0.3, 0.4) is 0 Å². The molecule has 1 heterocycles. The molecule has 0 amide bonds. The third kappa shape index (κ3) is 2.55. The maximum absolute atomic E-state index is 11.4. The van der Waals surface area contributed by atoms with Crippen LogP contribution in [0.1, 0.15) is 22.2 Å². The van der Waals surface area contributed by atoms with Crippen molar-refractivity contribution in [3.05, 3.63) is 50.9 Å². The van der Waals surface area contributed by atoms with Crippen LogP contribution in [0, 0.1) is 17.0 Å². The van der Waals surface area contributed by atoms with Crippen LogP contribution in [0.2, 0.25) is 0 Å². The number of hydrogen-bond acceptors (Lipinski definition) is 5. The van der Waals surface area contributed by atoms with Gasteiger partial charge in [-0.25, -0.2) is 0 Å². The first-order valence-corrected chi connectivity index (χ1v) is 6.82. The summed E-state index contributed by atoms with van der Waals surface area (Å²) in [6, 6.07) is 8.97. The second-order valence-corrected chi connectivity index (χ2v) is 5.49. The highest BCUT2D eigenvalue weighted by Crippen LogP contribution is 2.41. The van der Waals surface area contributed by atoms with Crippen LogP contribution in [0.15, 0.2) is 30.3 Å². The van der Waals surface area contributed by atoms with Crippen molar-refractivity contribution in [3.8, 4) is 0 Å². The molecule has 0 aliphatic rings. The summed E-state index contributed by atoms with van der Waals surface area (Å²) in [6.07, 6.45) is 0. The molecule has 1 aromatic carbocycles. The third-order valence-electron chi connectivity index (χ3n) is 3.02. The lowest BCUT2D eigenvalue weighted by Crippen LogP contribution is -2.10. The van der Waals surface area contributed by atoms with Crippen LogP contribution in [0.25, 0.3) is 0 Å². The minimum atomic E-state index is -0.451. The molecule has 0 aliphatic carbocycles. The normalized spacial score (nSPS) is 10.3. The second-order valence-electron chi connectivity index (χ2n) is 4.46. The summed E-state index contributed by atoms with van der Waals surface area (Å²) in [5.41, 5.74) is 1.86. The number of anilines is 2. The molecule has 0 radical (unpaired) electrons. The van der Waals surface area contributed by atoms with Gasteiger partial charge in [-0.2, -0.15) is 0 Å². The maximum atomic E-state index is 11.4. The molecule has 0 spiro atoms. The van der Waals surface area contributed by atoms with Crippen molar-refractivity contribution < 1.29 is 9.72 Å². The molecule has 0 saturated heterocycles. The molecule has 0 aliphatic heterocycles. The standard InChI is InChI=1S/C14H14N2O3S/c1-9-6-4-5-7-11(9)15(3)14-12(16(18)19)8-13(20-14)10(2)17/h4-8H,1-3H3. The number of hydrogen-bond donors (Lipinski definition) is 0. The predicted octanol–water partition coefficient (Wildman–Crippen LogP) is 3.94. The molecule has 2 aromatic rings. The molecule has 6 heteroatoms. The van der Waals surface area contributed by atoms with E-state index in [1.807, 2.05) is 31.2 Å². The summed E-state index contributed by atoms with van der Waals surface area (Å²) < 4.78 is 0. The number of aryl methyl sites for hydroxylation is 1. The van der Waals surface area contributed by atoms with Crippen molar-refractivity contribution in [1.82, 2.24) is 0 Å². The van der Waals surface area contributed by atoms with E-state index < -0.39 is 4.92 Å². The van der Waals surface area contributed by atoms with Gasteiger partial charge in [-0.3, -0.25) is 14.9 Å². The predicted molar refractivity (Wildman–Crippen MR) is 80.2 cm³/mol. The zero-order valence-corrected chi connectivity index (χ0v) is 12.2. The van der Waals surface area contributed by atoms with Crippen molar-refractivity contribution in [2.75, 3.05) is 11.9 Å². The maximum Gasteiger partial charge on any atom is 0.304 e. The molecule has 0 bridgehead atoms. The number of thiophene rings is 1. The monoisotopic (exact) mass is 290 g/mol. The Morgan fingerprint density at radius 2 is 2.00 bits per heavy atom. The molecule has 0 atom stereocenters. The lowest BCUT2D eigenvalue weighted by atomic mass is 10.2. The lowest BCUT2D eigenvalue weighted by Gasteiger charge is -2.18. The minimum absolute atomic E-state index is 0.0362. The fraction of sp³-hybridized carbons (Fsp3) is 0.214. The summed E-state index contributed by atoms with van der Waals surface area (Å²) in [7, 11) is 1.77. The van der Waals surface area contributed by atoms with Crippen LogP contribution in [0.5, 0.6) is 0 Å². The Morgan fingerprint density at radius 1 is 1.35 bits per heavy atom. The van der Waals surface area contributed by atoms with E-state index in [2.05, 4.69) is 0 Å². The summed E-state index contributed by atoms with van der Waals surface area (Å²) in [5, 5.41) is 11.6. The van der Waals surface area contributed by atoms with E-state index in [0.717, 1.165) is 22.6 Å². The largest absolute Gasteiger partial charge is 0.330 e. The third-order valence-corrected chi connectivity index (χ3v) is 4.32. The topological polar surface area (TPSA) is 63.4 Å². The van der Waals surface area contributed by atoms with Gasteiger partial charge in [0.2, 0.25) is 0 Å². The molecule has 0 unspecified atom stereocenters. The van der Waals surface area contributed by atoms with E-state index in [0.29, 0.717) is 9.88 Å². The zero-order chi connectivity index (χ0) is 14.9. The second kappa shape index (κ2) is 5.42. The molecular weight excluding hydrogens is 276 g/mol. The Labute approximate surface area is 120 Å². The number of nitrogens with zero attached hydrogens (tertiary/aromatic N) is 2. The molecule has 0 saturated carbocycles. The number of carbonyl (C=O) groups excluding carboxylic acids is 1. The highest BCUT2D eigenvalue weighted by molar-refractivity contribution is 7.18. The van der Waals surface area contributed by atoms with Crippen molar-refractivity contribution in [1.29, 1.82) is 0 Å². The van der Waals surface area contributed by atoms with Crippen molar-refractivity contribution >= 4 is 33.5 Å². The molecule has 20 heavy (non-hydrogen) atoms. The Kier molecular flexibility index (Phi) is 3.85. The van der Waals surface area contributed by atoms with Gasteiger partial charge >= 0.3 is 5.69 Å². The molecule has 2 rings (SSSR count). The highest BCUT2D eigenvalue weighted by Gasteiger charge is 2.24. The van der Waals surface area contributed by atoms with E-state index in [1.165, 1.54) is 13.0 Å². The van der Waals surface area contributed by atoms with Gasteiger partial charge in [0.1, 0.15) is 0 Å². The van der Waals surface area contributed by atoms with E-state index in [-0.39, 0.29) is 11.5 Å². The summed E-state index contributed by atoms with van der Waals surface area (Å²) in [6.45, 7) is 3.35. The first kappa shape index (κ1) is 14.2. The summed E-state index contributed by atoms with van der Waals surface area (Å²) >= 11 is 1.14. The van der Waals surface area contributed by atoms with Crippen LogP contribution in [-0.2, 0) is 0 Å². The van der Waals surface area contributed by atoms with Crippen molar-refractivity contribution in [2.45, 2.75) is 13.8 Å². The van der Waals surface area contributed by atoms with Gasteiger partial charge in [-0.1, -0.05) is 18.2 Å². The number of benzene rings is 1. The number of carbonyl (C=O) groups is 1. The smallest absolute Gasteiger partial charge is 0.304 e. The molecule has 0 N–H and O–H groups in total. The molecule has 0 fully saturated rings. The summed E-state index contributed by atoms with van der Waals surface area (Å²) in [4.78, 5) is 24.3. The van der Waals surface area contributed by atoms with Crippen LogP contribution >= 0.6 is 11.3 Å². The van der Waals surface area contributed by atoms with Gasteiger partial charge in [-0.05, 0) is 25.5 Å². The highest BCUT2D eigenvalue weighted by atomic mass is 32.1. The Bertz CT molecular complexity index is 679. The molecule has 1 aromatic heterocycles. The van der Waals surface area contributed by atoms with Gasteiger partial charge in [0.15, 0.2) is 10.8 Å². The lowest BCUT2D eigenvalue weighted by molar-refractivity contribution is -0.383. The van der Waals surface area contributed by atoms with Gasteiger partial charge in [0.05, 0.1) is 9.80 Å². The van der Waals surface area contributed by atoms with Crippen LogP contribution in [0.4, 0.5) is 16.4 Å². The number of Topliss-reactive ketones (excluding diaryl/α,β-unsaturated/α-hetero) is 1. The Morgan fingerprint density at radius 3 is 2.55 bits per heavy atom. The van der Waals surface area contributed by atoms with Crippen LogP contribution in [-0.4, -0.2) is 17.8 Å². The van der Waals surface area contributed by atoms with Crippen LogP contribution < -0.4 is 4.90 Å². The fourth-order valence-electron chi connectivity index (χ4n) is 1.97. The first-order valence-electron chi connectivity index (χ1n) is 6.00. The van der Waals surface area contributed by atoms with E-state index in [9.17, 15) is 14.9 Å². The molecule has 104 valence electrons. The Hall–Kier alpha value is -2.21. The minimum Gasteiger partial charge on any atom is -0.330 e. The van der Waals surface area contributed by atoms with Gasteiger partial charge in [0, 0.05) is 18.8 Å². The molecular formula is C14H14N2O3S. The molecule has 5 nitrogen and oxygen atoms in total. The van der Waals surface area contributed by atoms with E-state index in [4.69, 9.17) is 0 Å². The van der Waals surface area contributed by atoms with Gasteiger partial charge in [0.25, 0.3) is 0 Å². The number of para-hydroxylation sites is 1.